The van der Waals surface area contributed by atoms with Crippen molar-refractivity contribution in [2.75, 3.05) is 0 Å². The van der Waals surface area contributed by atoms with Crippen molar-refractivity contribution in [2.45, 2.75) is 0 Å². The Morgan fingerprint density at radius 3 is 2.42 bits per heavy atom. The van der Waals surface area contributed by atoms with Gasteiger partial charge in [-0.1, -0.05) is 30.3 Å². The van der Waals surface area contributed by atoms with E-state index in [2.05, 4.69) is 26.2 Å². The second-order valence-corrected chi connectivity index (χ2v) is 3.19. The van der Waals surface area contributed by atoms with Gasteiger partial charge in [-0.3, -0.25) is 0 Å². The van der Waals surface area contributed by atoms with Crippen molar-refractivity contribution >= 4 is 21.8 Å². The molecule has 0 aromatic heterocycles. The lowest BCUT2D eigenvalue weighted by Crippen LogP contribution is -2.09. The van der Waals surface area contributed by atoms with Crippen LogP contribution in [0.2, 0.25) is 0 Å². The van der Waals surface area contributed by atoms with E-state index < -0.39 is 0 Å². The van der Waals surface area contributed by atoms with Crippen molar-refractivity contribution in [1.82, 2.24) is 5.32 Å². The average Bonchev–Trinajstić information content (AvgIpc) is 2.54. The lowest BCUT2D eigenvalue weighted by Gasteiger charge is -1.98. The zero-order chi connectivity index (χ0) is 8.39. The molecule has 1 heterocycles. The van der Waals surface area contributed by atoms with Crippen molar-refractivity contribution in [3.63, 3.8) is 0 Å². The topological polar surface area (TPSA) is 26.5 Å². The molecule has 0 N–H and O–H groups in total. The van der Waals surface area contributed by atoms with Gasteiger partial charge in [-0.15, -0.1) is 0 Å². The first-order chi connectivity index (χ1) is 5.86. The van der Waals surface area contributed by atoms with Gasteiger partial charge >= 0.3 is 0 Å². The number of aliphatic imine (C=N–C) groups is 1. The van der Waals surface area contributed by atoms with E-state index in [9.17, 15) is 0 Å². The van der Waals surface area contributed by atoms with Crippen molar-refractivity contribution < 1.29 is 0 Å². The van der Waals surface area contributed by atoms with E-state index in [1.54, 1.807) is 6.20 Å². The van der Waals surface area contributed by atoms with Gasteiger partial charge in [-0.05, 0) is 15.9 Å². The quantitative estimate of drug-likeness (QED) is 0.651. The van der Waals surface area contributed by atoms with Gasteiger partial charge in [-0.2, -0.15) is 0 Å². The van der Waals surface area contributed by atoms with E-state index in [1.165, 1.54) is 0 Å². The van der Waals surface area contributed by atoms with Gasteiger partial charge in [0.15, 0.2) is 5.84 Å². The van der Waals surface area contributed by atoms with Crippen LogP contribution >= 0.6 is 15.9 Å². The summed E-state index contributed by atoms with van der Waals surface area (Å²) in [6, 6.07) is 9.89. The summed E-state index contributed by atoms with van der Waals surface area (Å²) in [5.41, 5.74) is 1.04. The van der Waals surface area contributed by atoms with Crippen LogP contribution in [0, 0.1) is 0 Å². The van der Waals surface area contributed by atoms with Crippen LogP contribution in [0.15, 0.2) is 46.1 Å². The molecule has 1 aromatic carbocycles. The van der Waals surface area contributed by atoms with Crippen molar-refractivity contribution in [1.29, 1.82) is 0 Å². The molecule has 0 unspecified atom stereocenters. The van der Waals surface area contributed by atoms with Crippen LogP contribution in [0.3, 0.4) is 0 Å². The Labute approximate surface area is 79.1 Å². The predicted molar refractivity (Wildman–Crippen MR) is 52.1 cm³/mol. The van der Waals surface area contributed by atoms with Crippen molar-refractivity contribution in [3.05, 3.63) is 46.7 Å². The van der Waals surface area contributed by atoms with Crippen LogP contribution in [0.1, 0.15) is 5.56 Å². The standard InChI is InChI=1S/C9H6BrN2/c10-8-6-11-9(12-8)7-4-2-1-3-5-7/h1-6H. The first-order valence-electron chi connectivity index (χ1n) is 3.57. The first kappa shape index (κ1) is 7.55. The number of rotatable bonds is 1. The molecule has 0 saturated heterocycles. The van der Waals surface area contributed by atoms with Crippen molar-refractivity contribution in [3.8, 4) is 0 Å². The summed E-state index contributed by atoms with van der Waals surface area (Å²) in [5.74, 6) is 0.766. The molecule has 2 nitrogen and oxygen atoms in total. The minimum absolute atomic E-state index is 0.766. The number of hydrogen-bond acceptors (Lipinski definition) is 1. The zero-order valence-corrected chi connectivity index (χ0v) is 7.82. The van der Waals surface area contributed by atoms with Crippen LogP contribution in [-0.2, 0) is 0 Å². The SMILES string of the molecule is BrC1=CN=C(c2ccccc2)[N]1. The fourth-order valence-corrected chi connectivity index (χ4v) is 1.27. The minimum Gasteiger partial charge on any atom is -0.234 e. The largest absolute Gasteiger partial charge is 0.234 e. The number of nitrogens with zero attached hydrogens (tertiary/aromatic N) is 2. The molecule has 12 heavy (non-hydrogen) atoms. The van der Waals surface area contributed by atoms with Gasteiger partial charge in [0.1, 0.15) is 4.61 Å². The summed E-state index contributed by atoms with van der Waals surface area (Å²) in [5, 5.41) is 4.19. The monoisotopic (exact) mass is 221 g/mol. The molecule has 3 heteroatoms. The van der Waals surface area contributed by atoms with Gasteiger partial charge in [0, 0.05) is 5.56 Å². The molecular formula is C9H6BrN2. The fourth-order valence-electron chi connectivity index (χ4n) is 1.000. The van der Waals surface area contributed by atoms with E-state index in [-0.39, 0.29) is 0 Å². The summed E-state index contributed by atoms with van der Waals surface area (Å²) < 4.78 is 0.779. The summed E-state index contributed by atoms with van der Waals surface area (Å²) >= 11 is 3.26. The Hall–Kier alpha value is -1.09. The van der Waals surface area contributed by atoms with Gasteiger partial charge in [0.25, 0.3) is 0 Å². The van der Waals surface area contributed by atoms with Crippen molar-refractivity contribution in [2.24, 2.45) is 4.99 Å². The van der Waals surface area contributed by atoms with Crippen LogP contribution < -0.4 is 5.32 Å². The second kappa shape index (κ2) is 3.11. The molecule has 1 aromatic rings. The highest BCUT2D eigenvalue weighted by molar-refractivity contribution is 9.11. The third kappa shape index (κ3) is 1.41. The van der Waals surface area contributed by atoms with E-state index in [0.717, 1.165) is 16.0 Å². The summed E-state index contributed by atoms with van der Waals surface area (Å²) in [4.78, 5) is 4.13. The predicted octanol–water partition coefficient (Wildman–Crippen LogP) is 2.24. The number of halogens is 1. The molecule has 59 valence electrons. The van der Waals surface area contributed by atoms with Gasteiger partial charge in [0.2, 0.25) is 0 Å². The molecule has 2 rings (SSSR count). The molecule has 1 radical (unpaired) electrons. The summed E-state index contributed by atoms with van der Waals surface area (Å²) in [6.07, 6.45) is 1.70. The smallest absolute Gasteiger partial charge is 0.160 e. The third-order valence-corrected chi connectivity index (χ3v) is 1.92. The third-order valence-electron chi connectivity index (χ3n) is 1.54. The molecule has 0 bridgehead atoms. The Kier molecular flexibility index (Phi) is 1.96. The normalized spacial score (nSPS) is 15.1. The molecular weight excluding hydrogens is 216 g/mol. The zero-order valence-electron chi connectivity index (χ0n) is 6.24. The highest BCUT2D eigenvalue weighted by Gasteiger charge is 2.09. The van der Waals surface area contributed by atoms with E-state index in [4.69, 9.17) is 0 Å². The molecule has 0 amide bonds. The second-order valence-electron chi connectivity index (χ2n) is 2.38. The number of benzene rings is 1. The number of hydrogen-bond donors (Lipinski definition) is 0. The Morgan fingerprint density at radius 1 is 1.08 bits per heavy atom. The first-order valence-corrected chi connectivity index (χ1v) is 4.36. The van der Waals surface area contributed by atoms with Crippen LogP contribution in [0.4, 0.5) is 0 Å². The fraction of sp³-hybridized carbons (Fsp3) is 0. The Bertz CT molecular complexity index is 341. The Balaban J connectivity index is 2.25. The Morgan fingerprint density at radius 2 is 1.83 bits per heavy atom. The maximum Gasteiger partial charge on any atom is 0.160 e. The molecule has 1 aliphatic heterocycles. The molecule has 0 saturated carbocycles. The van der Waals surface area contributed by atoms with E-state index in [0.29, 0.717) is 0 Å². The maximum atomic E-state index is 4.19. The molecule has 0 aliphatic carbocycles. The number of amidine groups is 1. The molecule has 0 atom stereocenters. The van der Waals surface area contributed by atoms with Gasteiger partial charge < -0.3 is 0 Å². The van der Waals surface area contributed by atoms with Crippen LogP contribution in [-0.4, -0.2) is 5.84 Å². The maximum absolute atomic E-state index is 4.19. The summed E-state index contributed by atoms with van der Waals surface area (Å²) in [6.45, 7) is 0. The molecule has 0 fully saturated rings. The van der Waals surface area contributed by atoms with Gasteiger partial charge in [-0.25, -0.2) is 10.3 Å². The molecule has 1 aliphatic rings. The van der Waals surface area contributed by atoms with E-state index >= 15 is 0 Å². The summed E-state index contributed by atoms with van der Waals surface area (Å²) in [7, 11) is 0. The highest BCUT2D eigenvalue weighted by atomic mass is 79.9. The molecule has 0 spiro atoms. The van der Waals surface area contributed by atoms with Crippen LogP contribution in [0.25, 0.3) is 0 Å². The van der Waals surface area contributed by atoms with E-state index in [1.807, 2.05) is 30.3 Å². The lowest BCUT2D eigenvalue weighted by molar-refractivity contribution is 1.27. The highest BCUT2D eigenvalue weighted by Crippen LogP contribution is 2.12. The average molecular weight is 222 g/mol. The minimum atomic E-state index is 0.766. The van der Waals surface area contributed by atoms with Gasteiger partial charge in [0.05, 0.1) is 6.20 Å². The lowest BCUT2D eigenvalue weighted by atomic mass is 10.2. The van der Waals surface area contributed by atoms with Crippen LogP contribution in [0.5, 0.6) is 0 Å².